The van der Waals surface area contributed by atoms with Gasteiger partial charge in [0.25, 0.3) is 0 Å². The molecule has 19 heavy (non-hydrogen) atoms. The summed E-state index contributed by atoms with van der Waals surface area (Å²) in [5, 5.41) is 0. The lowest BCUT2D eigenvalue weighted by Gasteiger charge is -2.32. The van der Waals surface area contributed by atoms with E-state index in [0.717, 1.165) is 12.7 Å². The van der Waals surface area contributed by atoms with Crippen molar-refractivity contribution < 1.29 is 9.31 Å². The normalized spacial score (nSPS) is 21.2. The average molecular weight is 258 g/mol. The summed E-state index contributed by atoms with van der Waals surface area (Å²) < 4.78 is 11.9. The van der Waals surface area contributed by atoms with Crippen LogP contribution in [0.15, 0.2) is 42.5 Å². The summed E-state index contributed by atoms with van der Waals surface area (Å²) in [7, 11) is -0.128. The molecule has 2 rings (SSSR count). The fourth-order valence-corrected chi connectivity index (χ4v) is 2.10. The molecule has 0 aromatic heterocycles. The topological polar surface area (TPSA) is 18.5 Å². The van der Waals surface area contributed by atoms with E-state index in [2.05, 4.69) is 64.1 Å². The van der Waals surface area contributed by atoms with Crippen LogP contribution in [0.2, 0.25) is 6.32 Å². The number of hydrogen-bond acceptors (Lipinski definition) is 2. The Balaban J connectivity index is 1.81. The molecule has 0 spiro atoms. The summed E-state index contributed by atoms with van der Waals surface area (Å²) >= 11 is 0. The first-order valence-electron chi connectivity index (χ1n) is 6.95. The van der Waals surface area contributed by atoms with E-state index in [-0.39, 0.29) is 18.3 Å². The molecule has 0 atom stereocenters. The van der Waals surface area contributed by atoms with Crippen LogP contribution in [0.3, 0.4) is 0 Å². The molecule has 0 aliphatic carbocycles. The van der Waals surface area contributed by atoms with Gasteiger partial charge in [-0.25, -0.2) is 0 Å². The van der Waals surface area contributed by atoms with Crippen LogP contribution in [0.4, 0.5) is 0 Å². The van der Waals surface area contributed by atoms with Crippen LogP contribution in [-0.2, 0) is 15.7 Å². The van der Waals surface area contributed by atoms with Gasteiger partial charge in [-0.3, -0.25) is 0 Å². The molecule has 1 aromatic carbocycles. The smallest absolute Gasteiger partial charge is 0.403 e. The van der Waals surface area contributed by atoms with Crippen molar-refractivity contribution in [2.24, 2.45) is 0 Å². The lowest BCUT2D eigenvalue weighted by Crippen LogP contribution is -2.41. The first-order chi connectivity index (χ1) is 8.91. The average Bonchev–Trinajstić information content (AvgIpc) is 2.55. The number of hydrogen-bond donors (Lipinski definition) is 0. The molecule has 0 bridgehead atoms. The lowest BCUT2D eigenvalue weighted by molar-refractivity contribution is 0.00578. The fraction of sp³-hybridized carbons (Fsp3) is 0.500. The van der Waals surface area contributed by atoms with E-state index in [4.69, 9.17) is 9.31 Å². The molecule has 1 aliphatic rings. The van der Waals surface area contributed by atoms with Crippen LogP contribution in [0.25, 0.3) is 0 Å². The van der Waals surface area contributed by atoms with Crippen LogP contribution in [-0.4, -0.2) is 18.3 Å². The zero-order valence-electron chi connectivity index (χ0n) is 12.3. The van der Waals surface area contributed by atoms with E-state index in [9.17, 15) is 0 Å². The molecule has 2 nitrogen and oxygen atoms in total. The maximum absolute atomic E-state index is 5.94. The van der Waals surface area contributed by atoms with Gasteiger partial charge in [-0.2, -0.15) is 0 Å². The Kier molecular flexibility index (Phi) is 4.17. The van der Waals surface area contributed by atoms with Crippen molar-refractivity contribution in [3.8, 4) is 0 Å². The minimum Gasteiger partial charge on any atom is -0.403 e. The molecular weight excluding hydrogens is 235 g/mol. The predicted octanol–water partition coefficient (Wildman–Crippen LogP) is 3.88. The van der Waals surface area contributed by atoms with Crippen molar-refractivity contribution in [1.82, 2.24) is 0 Å². The first-order valence-corrected chi connectivity index (χ1v) is 6.95. The second kappa shape index (κ2) is 5.52. The minimum absolute atomic E-state index is 0.128. The van der Waals surface area contributed by atoms with Gasteiger partial charge in [0.1, 0.15) is 0 Å². The Labute approximate surface area is 117 Å². The van der Waals surface area contributed by atoms with Gasteiger partial charge in [0, 0.05) is 6.32 Å². The van der Waals surface area contributed by atoms with E-state index in [0.29, 0.717) is 0 Å². The molecule has 0 saturated carbocycles. The zero-order valence-corrected chi connectivity index (χ0v) is 12.3. The van der Waals surface area contributed by atoms with Gasteiger partial charge in [-0.15, -0.1) is 0 Å². The van der Waals surface area contributed by atoms with Crippen LogP contribution < -0.4 is 0 Å². The Morgan fingerprint density at radius 1 is 0.947 bits per heavy atom. The summed E-state index contributed by atoms with van der Waals surface area (Å²) in [4.78, 5) is 0. The van der Waals surface area contributed by atoms with Crippen LogP contribution in [0, 0.1) is 0 Å². The Bertz CT molecular complexity index is 421. The largest absolute Gasteiger partial charge is 0.461 e. The van der Waals surface area contributed by atoms with Gasteiger partial charge in [-0.1, -0.05) is 42.5 Å². The molecule has 0 radical (unpaired) electrons. The standard InChI is InChI=1S/C16H23BO2/c1-15(2)16(3,4)19-17(18-15)13-9-8-12-14-10-6-5-7-11-14/h5-11H,12-13H2,1-4H3. The van der Waals surface area contributed by atoms with Gasteiger partial charge in [0.2, 0.25) is 0 Å². The predicted molar refractivity (Wildman–Crippen MR) is 80.2 cm³/mol. The minimum atomic E-state index is -0.231. The van der Waals surface area contributed by atoms with Gasteiger partial charge in [0.15, 0.2) is 0 Å². The van der Waals surface area contributed by atoms with Crippen LogP contribution in [0.1, 0.15) is 33.3 Å². The molecule has 3 heteroatoms. The summed E-state index contributed by atoms with van der Waals surface area (Å²) in [6, 6.07) is 10.4. The highest BCUT2D eigenvalue weighted by molar-refractivity contribution is 6.46. The molecule has 0 unspecified atom stereocenters. The Morgan fingerprint density at radius 3 is 2.11 bits per heavy atom. The second-order valence-electron chi connectivity index (χ2n) is 6.08. The molecule has 102 valence electrons. The summed E-state index contributed by atoms with van der Waals surface area (Å²) in [5.74, 6) is 0. The van der Waals surface area contributed by atoms with Crippen LogP contribution >= 0.6 is 0 Å². The zero-order chi connectivity index (χ0) is 13.9. The number of rotatable bonds is 4. The van der Waals surface area contributed by atoms with Crippen molar-refractivity contribution in [2.75, 3.05) is 0 Å². The molecule has 0 amide bonds. The highest BCUT2D eigenvalue weighted by Gasteiger charge is 2.50. The molecule has 1 heterocycles. The van der Waals surface area contributed by atoms with E-state index >= 15 is 0 Å². The molecule has 1 fully saturated rings. The lowest BCUT2D eigenvalue weighted by atomic mass is 9.84. The van der Waals surface area contributed by atoms with Crippen molar-refractivity contribution in [2.45, 2.75) is 51.6 Å². The Morgan fingerprint density at radius 2 is 1.53 bits per heavy atom. The third kappa shape index (κ3) is 3.49. The summed E-state index contributed by atoms with van der Waals surface area (Å²) in [6.07, 6.45) is 6.09. The van der Waals surface area contributed by atoms with Crippen molar-refractivity contribution >= 4 is 7.12 Å². The molecule has 1 saturated heterocycles. The Hall–Kier alpha value is -1.06. The van der Waals surface area contributed by atoms with Gasteiger partial charge in [-0.05, 0) is 39.7 Å². The van der Waals surface area contributed by atoms with Crippen molar-refractivity contribution in [3.63, 3.8) is 0 Å². The van der Waals surface area contributed by atoms with Gasteiger partial charge < -0.3 is 9.31 Å². The first kappa shape index (κ1) is 14.4. The van der Waals surface area contributed by atoms with E-state index in [1.165, 1.54) is 5.56 Å². The summed E-state index contributed by atoms with van der Waals surface area (Å²) in [6.45, 7) is 8.34. The van der Waals surface area contributed by atoms with Gasteiger partial charge in [0.05, 0.1) is 11.2 Å². The SMILES string of the molecule is CC1(C)OB(CC=CCc2ccccc2)OC1(C)C. The monoisotopic (exact) mass is 258 g/mol. The molecular formula is C16H23BO2. The van der Waals surface area contributed by atoms with Gasteiger partial charge >= 0.3 is 7.12 Å². The maximum atomic E-state index is 5.94. The quantitative estimate of drug-likeness (QED) is 0.602. The molecule has 1 aliphatic heterocycles. The molecule has 1 aromatic rings. The number of benzene rings is 1. The number of allylic oxidation sites excluding steroid dienone is 2. The second-order valence-corrected chi connectivity index (χ2v) is 6.08. The maximum Gasteiger partial charge on any atom is 0.461 e. The molecule has 0 N–H and O–H groups in total. The van der Waals surface area contributed by atoms with Crippen molar-refractivity contribution in [3.05, 3.63) is 48.0 Å². The highest BCUT2D eigenvalue weighted by atomic mass is 16.7. The third-order valence-corrected chi connectivity index (χ3v) is 3.99. The van der Waals surface area contributed by atoms with E-state index in [1.807, 2.05) is 6.07 Å². The van der Waals surface area contributed by atoms with Crippen molar-refractivity contribution in [1.29, 1.82) is 0 Å². The summed E-state index contributed by atoms with van der Waals surface area (Å²) in [5.41, 5.74) is 0.864. The van der Waals surface area contributed by atoms with E-state index in [1.54, 1.807) is 0 Å². The fourth-order valence-electron chi connectivity index (χ4n) is 2.10. The van der Waals surface area contributed by atoms with Crippen LogP contribution in [0.5, 0.6) is 0 Å². The third-order valence-electron chi connectivity index (χ3n) is 3.99. The highest BCUT2D eigenvalue weighted by Crippen LogP contribution is 2.37. The van der Waals surface area contributed by atoms with E-state index < -0.39 is 0 Å².